The Hall–Kier alpha value is -3.80. The zero-order valence-corrected chi connectivity index (χ0v) is 14.9. The van der Waals surface area contributed by atoms with E-state index in [0.717, 1.165) is 0 Å². The SMILES string of the molecule is O=C(O)Cc1ccccc1Oc1cccc(Oc2ccccc2CC(=O)O)c1. The van der Waals surface area contributed by atoms with Crippen molar-refractivity contribution in [2.45, 2.75) is 12.8 Å². The number of hydrogen-bond acceptors (Lipinski definition) is 4. The number of rotatable bonds is 8. The fraction of sp³-hybridized carbons (Fsp3) is 0.0909. The largest absolute Gasteiger partial charge is 0.481 e. The van der Waals surface area contributed by atoms with Crippen LogP contribution in [0.15, 0.2) is 72.8 Å². The molecule has 3 aromatic rings. The van der Waals surface area contributed by atoms with E-state index in [9.17, 15) is 9.59 Å². The average Bonchev–Trinajstić information content (AvgIpc) is 2.64. The van der Waals surface area contributed by atoms with Crippen molar-refractivity contribution in [2.75, 3.05) is 0 Å². The Morgan fingerprint density at radius 2 is 1.07 bits per heavy atom. The summed E-state index contributed by atoms with van der Waals surface area (Å²) in [5, 5.41) is 18.1. The van der Waals surface area contributed by atoms with E-state index < -0.39 is 11.9 Å². The standard InChI is InChI=1S/C22H18O6/c23-21(24)12-15-6-1-3-10-19(15)27-17-8-5-9-18(14-17)28-20-11-4-2-7-16(20)13-22(25)26/h1-11,14H,12-13H2,(H,23,24)(H,25,26). The highest BCUT2D eigenvalue weighted by molar-refractivity contribution is 5.72. The van der Waals surface area contributed by atoms with Gasteiger partial charge in [-0.05, 0) is 24.3 Å². The van der Waals surface area contributed by atoms with Gasteiger partial charge in [-0.25, -0.2) is 0 Å². The molecule has 0 aliphatic rings. The maximum absolute atomic E-state index is 11.0. The van der Waals surface area contributed by atoms with E-state index in [1.54, 1.807) is 72.8 Å². The molecule has 0 aliphatic heterocycles. The van der Waals surface area contributed by atoms with Gasteiger partial charge in [-0.15, -0.1) is 0 Å². The minimum atomic E-state index is -0.942. The fourth-order valence-electron chi connectivity index (χ4n) is 2.68. The van der Waals surface area contributed by atoms with Crippen LogP contribution in [0.1, 0.15) is 11.1 Å². The van der Waals surface area contributed by atoms with Gasteiger partial charge in [-0.1, -0.05) is 42.5 Å². The van der Waals surface area contributed by atoms with Gasteiger partial charge >= 0.3 is 11.9 Å². The van der Waals surface area contributed by atoms with Gasteiger partial charge in [0.15, 0.2) is 0 Å². The van der Waals surface area contributed by atoms with Crippen LogP contribution < -0.4 is 9.47 Å². The minimum absolute atomic E-state index is 0.144. The molecule has 0 aromatic heterocycles. The molecule has 0 spiro atoms. The van der Waals surface area contributed by atoms with Crippen molar-refractivity contribution < 1.29 is 29.3 Å². The Balaban J connectivity index is 1.81. The lowest BCUT2D eigenvalue weighted by Gasteiger charge is -2.13. The van der Waals surface area contributed by atoms with Crippen LogP contribution in [0, 0.1) is 0 Å². The van der Waals surface area contributed by atoms with Crippen molar-refractivity contribution in [1.82, 2.24) is 0 Å². The third kappa shape index (κ3) is 5.11. The molecule has 0 saturated heterocycles. The Kier molecular flexibility index (Phi) is 5.91. The summed E-state index contributed by atoms with van der Waals surface area (Å²) in [6.07, 6.45) is -0.288. The maximum Gasteiger partial charge on any atom is 0.307 e. The van der Waals surface area contributed by atoms with E-state index in [4.69, 9.17) is 19.7 Å². The second-order valence-electron chi connectivity index (χ2n) is 6.04. The van der Waals surface area contributed by atoms with Gasteiger partial charge in [-0.2, -0.15) is 0 Å². The van der Waals surface area contributed by atoms with Crippen LogP contribution in [0.2, 0.25) is 0 Å². The molecule has 2 N–H and O–H groups in total. The van der Waals surface area contributed by atoms with Crippen LogP contribution in [0.3, 0.4) is 0 Å². The molecule has 0 bridgehead atoms. The summed E-state index contributed by atoms with van der Waals surface area (Å²) in [5.41, 5.74) is 1.13. The first-order valence-corrected chi connectivity index (χ1v) is 8.56. The smallest absolute Gasteiger partial charge is 0.307 e. The third-order valence-electron chi connectivity index (χ3n) is 3.89. The Morgan fingerprint density at radius 1 is 0.643 bits per heavy atom. The molecule has 0 amide bonds. The second-order valence-corrected chi connectivity index (χ2v) is 6.04. The molecule has 142 valence electrons. The normalized spacial score (nSPS) is 10.3. The maximum atomic E-state index is 11.0. The molecule has 6 nitrogen and oxygen atoms in total. The number of para-hydroxylation sites is 2. The van der Waals surface area contributed by atoms with E-state index in [-0.39, 0.29) is 12.8 Å². The Labute approximate surface area is 161 Å². The number of benzene rings is 3. The summed E-state index contributed by atoms with van der Waals surface area (Å²) in [5.74, 6) is -0.0230. The molecule has 0 fully saturated rings. The Morgan fingerprint density at radius 3 is 1.50 bits per heavy atom. The minimum Gasteiger partial charge on any atom is -0.481 e. The molecule has 3 rings (SSSR count). The van der Waals surface area contributed by atoms with E-state index in [2.05, 4.69) is 0 Å². The molecule has 6 heteroatoms. The van der Waals surface area contributed by atoms with E-state index >= 15 is 0 Å². The lowest BCUT2D eigenvalue weighted by Crippen LogP contribution is -2.02. The van der Waals surface area contributed by atoms with Crippen molar-refractivity contribution in [3.05, 3.63) is 83.9 Å². The number of aliphatic carboxylic acids is 2. The highest BCUT2D eigenvalue weighted by Crippen LogP contribution is 2.31. The highest BCUT2D eigenvalue weighted by atomic mass is 16.5. The molecule has 0 heterocycles. The zero-order chi connectivity index (χ0) is 19.9. The van der Waals surface area contributed by atoms with Gasteiger partial charge in [0.1, 0.15) is 23.0 Å². The molecular weight excluding hydrogens is 360 g/mol. The predicted octanol–water partition coefficient (Wildman–Crippen LogP) is 4.53. The van der Waals surface area contributed by atoms with Crippen LogP contribution >= 0.6 is 0 Å². The third-order valence-corrected chi connectivity index (χ3v) is 3.89. The van der Waals surface area contributed by atoms with Gasteiger partial charge in [0.2, 0.25) is 0 Å². The van der Waals surface area contributed by atoms with Crippen LogP contribution in [-0.2, 0) is 22.4 Å². The van der Waals surface area contributed by atoms with E-state index in [0.29, 0.717) is 34.1 Å². The lowest BCUT2D eigenvalue weighted by molar-refractivity contribution is -0.137. The second kappa shape index (κ2) is 8.73. The number of hydrogen-bond donors (Lipinski definition) is 2. The molecule has 28 heavy (non-hydrogen) atoms. The van der Waals surface area contributed by atoms with E-state index in [1.807, 2.05) is 0 Å². The van der Waals surface area contributed by atoms with Crippen molar-refractivity contribution in [1.29, 1.82) is 0 Å². The van der Waals surface area contributed by atoms with Crippen LogP contribution in [0.5, 0.6) is 23.0 Å². The number of ether oxygens (including phenoxy) is 2. The lowest BCUT2D eigenvalue weighted by atomic mass is 10.1. The van der Waals surface area contributed by atoms with Crippen LogP contribution in [0.25, 0.3) is 0 Å². The number of carboxylic acids is 2. The summed E-state index contributed by atoms with van der Waals surface area (Å²) in [4.78, 5) is 22.0. The van der Waals surface area contributed by atoms with Gasteiger partial charge < -0.3 is 19.7 Å². The summed E-state index contributed by atoms with van der Waals surface area (Å²) in [7, 11) is 0. The van der Waals surface area contributed by atoms with Crippen molar-refractivity contribution in [3.63, 3.8) is 0 Å². The summed E-state index contributed by atoms with van der Waals surface area (Å²) in [6, 6.07) is 20.7. The van der Waals surface area contributed by atoms with Crippen molar-refractivity contribution >= 4 is 11.9 Å². The summed E-state index contributed by atoms with van der Waals surface area (Å²) < 4.78 is 11.7. The van der Waals surface area contributed by atoms with Gasteiger partial charge in [-0.3, -0.25) is 9.59 Å². The first-order chi connectivity index (χ1) is 13.5. The van der Waals surface area contributed by atoms with Crippen LogP contribution in [-0.4, -0.2) is 22.2 Å². The summed E-state index contributed by atoms with van der Waals surface area (Å²) in [6.45, 7) is 0. The molecule has 0 radical (unpaired) electrons. The van der Waals surface area contributed by atoms with Crippen molar-refractivity contribution in [3.8, 4) is 23.0 Å². The summed E-state index contributed by atoms with van der Waals surface area (Å²) >= 11 is 0. The first kappa shape index (κ1) is 19.0. The Bertz CT molecular complexity index is 919. The molecule has 0 saturated carbocycles. The average molecular weight is 378 g/mol. The van der Waals surface area contributed by atoms with Gasteiger partial charge in [0.05, 0.1) is 12.8 Å². The van der Waals surface area contributed by atoms with Crippen LogP contribution in [0.4, 0.5) is 0 Å². The zero-order valence-electron chi connectivity index (χ0n) is 14.9. The van der Waals surface area contributed by atoms with Crippen molar-refractivity contribution in [2.24, 2.45) is 0 Å². The topological polar surface area (TPSA) is 93.1 Å². The van der Waals surface area contributed by atoms with Gasteiger partial charge in [0.25, 0.3) is 0 Å². The highest BCUT2D eigenvalue weighted by Gasteiger charge is 2.11. The molecule has 3 aromatic carbocycles. The van der Waals surface area contributed by atoms with E-state index in [1.165, 1.54) is 0 Å². The fourth-order valence-corrected chi connectivity index (χ4v) is 2.68. The molecule has 0 atom stereocenters. The quantitative estimate of drug-likeness (QED) is 0.598. The molecule has 0 unspecified atom stereocenters. The molecule has 0 aliphatic carbocycles. The number of carboxylic acid groups (broad SMARTS) is 2. The number of carbonyl (C=O) groups is 2. The monoisotopic (exact) mass is 378 g/mol. The molecular formula is C22H18O6. The van der Waals surface area contributed by atoms with Gasteiger partial charge in [0, 0.05) is 17.2 Å². The first-order valence-electron chi connectivity index (χ1n) is 8.56. The predicted molar refractivity (Wildman–Crippen MR) is 102 cm³/mol.